The molecule has 0 amide bonds. The van der Waals surface area contributed by atoms with Gasteiger partial charge in [-0.15, -0.1) is 0 Å². The van der Waals surface area contributed by atoms with Crippen molar-refractivity contribution in [3.8, 4) is 0 Å². The highest BCUT2D eigenvalue weighted by atomic mass is 32.2. The number of nitrogens with one attached hydrogen (secondary N) is 1. The van der Waals surface area contributed by atoms with E-state index in [1.165, 1.54) is 0 Å². The van der Waals surface area contributed by atoms with Gasteiger partial charge in [-0.1, -0.05) is 5.16 Å². The molecule has 112 valence electrons. The highest BCUT2D eigenvalue weighted by molar-refractivity contribution is 7.91. The van der Waals surface area contributed by atoms with Crippen LogP contribution >= 0.6 is 0 Å². The summed E-state index contributed by atoms with van der Waals surface area (Å²) in [5.41, 5.74) is 0. The Bertz CT molecular complexity index is 535. The standard InChI is InChI=1S/C13H21N3O3S/c17-20(18)6-3-10(4-7-20)8-12-15-13(16-19-12)11-2-1-5-14-9-11/h10-11,14H,1-9H2. The molecule has 0 radical (unpaired) electrons. The van der Waals surface area contributed by atoms with Crippen molar-refractivity contribution in [2.45, 2.75) is 38.0 Å². The third-order valence-corrected chi connectivity index (χ3v) is 6.00. The summed E-state index contributed by atoms with van der Waals surface area (Å²) >= 11 is 0. The number of hydrogen-bond donors (Lipinski definition) is 1. The van der Waals surface area contributed by atoms with Crippen molar-refractivity contribution < 1.29 is 12.9 Å². The molecule has 20 heavy (non-hydrogen) atoms. The van der Waals surface area contributed by atoms with E-state index in [0.29, 0.717) is 48.5 Å². The van der Waals surface area contributed by atoms with E-state index in [1.54, 1.807) is 0 Å². The highest BCUT2D eigenvalue weighted by Crippen LogP contribution is 2.24. The summed E-state index contributed by atoms with van der Waals surface area (Å²) in [5, 5.41) is 7.43. The molecule has 0 spiro atoms. The van der Waals surface area contributed by atoms with Gasteiger partial charge in [0.15, 0.2) is 5.82 Å². The fourth-order valence-corrected chi connectivity index (χ4v) is 4.57. The fraction of sp³-hybridized carbons (Fsp3) is 0.846. The van der Waals surface area contributed by atoms with Crippen molar-refractivity contribution in [3.05, 3.63) is 11.7 Å². The quantitative estimate of drug-likeness (QED) is 0.892. The van der Waals surface area contributed by atoms with Gasteiger partial charge in [-0.05, 0) is 38.1 Å². The number of aromatic nitrogens is 2. The summed E-state index contributed by atoms with van der Waals surface area (Å²) in [6.45, 7) is 1.98. The minimum absolute atomic E-state index is 0.297. The van der Waals surface area contributed by atoms with E-state index < -0.39 is 9.84 Å². The zero-order chi connectivity index (χ0) is 14.0. The lowest BCUT2D eigenvalue weighted by Crippen LogP contribution is -2.29. The number of sulfone groups is 1. The predicted octanol–water partition coefficient (Wildman–Crippen LogP) is 0.904. The lowest BCUT2D eigenvalue weighted by atomic mass is 9.98. The molecule has 1 aromatic rings. The Kier molecular flexibility index (Phi) is 4.07. The van der Waals surface area contributed by atoms with Crippen molar-refractivity contribution in [2.75, 3.05) is 24.6 Å². The van der Waals surface area contributed by atoms with Crippen LogP contribution in [0.5, 0.6) is 0 Å². The molecule has 0 bridgehead atoms. The van der Waals surface area contributed by atoms with E-state index in [-0.39, 0.29) is 0 Å². The van der Waals surface area contributed by atoms with Gasteiger partial charge < -0.3 is 9.84 Å². The molecule has 1 unspecified atom stereocenters. The molecular weight excluding hydrogens is 278 g/mol. The third kappa shape index (κ3) is 3.38. The summed E-state index contributed by atoms with van der Waals surface area (Å²) in [6.07, 6.45) is 4.39. The molecule has 2 fully saturated rings. The van der Waals surface area contributed by atoms with E-state index in [4.69, 9.17) is 4.52 Å². The van der Waals surface area contributed by atoms with E-state index in [0.717, 1.165) is 31.8 Å². The minimum atomic E-state index is -2.79. The maximum atomic E-state index is 11.4. The number of piperidine rings is 1. The van der Waals surface area contributed by atoms with Gasteiger partial charge in [-0.3, -0.25) is 0 Å². The first-order chi connectivity index (χ1) is 9.62. The lowest BCUT2D eigenvalue weighted by molar-refractivity contribution is 0.334. The van der Waals surface area contributed by atoms with Crippen LogP contribution < -0.4 is 5.32 Å². The van der Waals surface area contributed by atoms with Crippen molar-refractivity contribution in [1.29, 1.82) is 0 Å². The zero-order valence-corrected chi connectivity index (χ0v) is 12.4. The van der Waals surface area contributed by atoms with E-state index >= 15 is 0 Å². The predicted molar refractivity (Wildman–Crippen MR) is 74.2 cm³/mol. The van der Waals surface area contributed by atoms with Crippen molar-refractivity contribution in [3.63, 3.8) is 0 Å². The van der Waals surface area contributed by atoms with Crippen molar-refractivity contribution >= 4 is 9.84 Å². The average molecular weight is 299 g/mol. The molecule has 2 saturated heterocycles. The Balaban J connectivity index is 1.57. The average Bonchev–Trinajstić information content (AvgIpc) is 2.91. The summed E-state index contributed by atoms with van der Waals surface area (Å²) < 4.78 is 28.1. The maximum absolute atomic E-state index is 11.4. The largest absolute Gasteiger partial charge is 0.339 e. The van der Waals surface area contributed by atoms with Crippen molar-refractivity contribution in [2.24, 2.45) is 5.92 Å². The number of rotatable bonds is 3. The van der Waals surface area contributed by atoms with E-state index in [9.17, 15) is 8.42 Å². The molecule has 1 atom stereocenters. The second kappa shape index (κ2) is 5.81. The van der Waals surface area contributed by atoms with Gasteiger partial charge in [-0.2, -0.15) is 4.98 Å². The zero-order valence-electron chi connectivity index (χ0n) is 11.5. The molecule has 7 heteroatoms. The van der Waals surface area contributed by atoms with Crippen LogP contribution in [0.3, 0.4) is 0 Å². The SMILES string of the molecule is O=S1(=O)CCC(Cc2nc(C3CCCNC3)no2)CC1. The van der Waals surface area contributed by atoms with E-state index in [2.05, 4.69) is 15.5 Å². The van der Waals surface area contributed by atoms with Gasteiger partial charge >= 0.3 is 0 Å². The maximum Gasteiger partial charge on any atom is 0.226 e. The first-order valence-electron chi connectivity index (χ1n) is 7.36. The van der Waals surface area contributed by atoms with Crippen LogP contribution in [0.25, 0.3) is 0 Å². The van der Waals surface area contributed by atoms with Crippen LogP contribution in [0.15, 0.2) is 4.52 Å². The summed E-state index contributed by atoms with van der Waals surface area (Å²) in [7, 11) is -2.79. The van der Waals surface area contributed by atoms with Gasteiger partial charge in [0.2, 0.25) is 5.89 Å². The smallest absolute Gasteiger partial charge is 0.226 e. The number of hydrogen-bond acceptors (Lipinski definition) is 6. The first-order valence-corrected chi connectivity index (χ1v) is 9.18. The molecule has 3 heterocycles. The second-order valence-corrected chi connectivity index (χ2v) is 8.19. The molecule has 6 nitrogen and oxygen atoms in total. The Labute approximate surface area is 119 Å². The molecule has 1 N–H and O–H groups in total. The molecule has 2 aliphatic heterocycles. The monoisotopic (exact) mass is 299 g/mol. The molecule has 2 aliphatic rings. The van der Waals surface area contributed by atoms with Crippen LogP contribution in [-0.2, 0) is 16.3 Å². The van der Waals surface area contributed by atoms with E-state index in [1.807, 2.05) is 0 Å². The molecule has 0 saturated carbocycles. The first kappa shape index (κ1) is 14.0. The van der Waals surface area contributed by atoms with Gasteiger partial charge in [0.05, 0.1) is 11.5 Å². The molecular formula is C13H21N3O3S. The molecule has 0 aliphatic carbocycles. The summed E-state index contributed by atoms with van der Waals surface area (Å²) in [6, 6.07) is 0. The van der Waals surface area contributed by atoms with Gasteiger partial charge in [0.25, 0.3) is 0 Å². The van der Waals surface area contributed by atoms with Gasteiger partial charge in [0.1, 0.15) is 9.84 Å². The summed E-state index contributed by atoms with van der Waals surface area (Å²) in [5.74, 6) is 2.77. The summed E-state index contributed by atoms with van der Waals surface area (Å²) in [4.78, 5) is 4.50. The highest BCUT2D eigenvalue weighted by Gasteiger charge is 2.26. The van der Waals surface area contributed by atoms with Crippen LogP contribution in [0.2, 0.25) is 0 Å². The van der Waals surface area contributed by atoms with Crippen LogP contribution in [-0.4, -0.2) is 43.2 Å². The molecule has 1 aromatic heterocycles. The van der Waals surface area contributed by atoms with Crippen LogP contribution in [0.1, 0.15) is 43.3 Å². The fourth-order valence-electron chi connectivity index (χ4n) is 2.98. The Morgan fingerprint density at radius 2 is 2.05 bits per heavy atom. The molecule has 0 aromatic carbocycles. The van der Waals surface area contributed by atoms with Crippen molar-refractivity contribution in [1.82, 2.24) is 15.5 Å². The third-order valence-electron chi connectivity index (χ3n) is 4.28. The molecule has 3 rings (SSSR count). The topological polar surface area (TPSA) is 85.1 Å². The lowest BCUT2D eigenvalue weighted by Gasteiger charge is -2.20. The normalized spacial score (nSPS) is 27.5. The number of nitrogens with zero attached hydrogens (tertiary/aromatic N) is 2. The van der Waals surface area contributed by atoms with Gasteiger partial charge in [0, 0.05) is 18.9 Å². The van der Waals surface area contributed by atoms with Crippen LogP contribution in [0.4, 0.5) is 0 Å². The minimum Gasteiger partial charge on any atom is -0.339 e. The Hall–Kier alpha value is -0.950. The van der Waals surface area contributed by atoms with Gasteiger partial charge in [-0.25, -0.2) is 8.42 Å². The Morgan fingerprint density at radius 1 is 1.25 bits per heavy atom. The Morgan fingerprint density at radius 3 is 2.75 bits per heavy atom. The second-order valence-electron chi connectivity index (χ2n) is 5.89. The van der Waals surface area contributed by atoms with Crippen LogP contribution in [0, 0.1) is 5.92 Å².